The van der Waals surface area contributed by atoms with Crippen LogP contribution in [0.2, 0.25) is 0 Å². The lowest BCUT2D eigenvalue weighted by Crippen LogP contribution is -2.19. The molecule has 0 spiro atoms. The molecule has 150 valence electrons. The second kappa shape index (κ2) is 7.72. The Kier molecular flexibility index (Phi) is 5.48. The van der Waals surface area contributed by atoms with E-state index in [0.29, 0.717) is 16.2 Å². The maximum Gasteiger partial charge on any atom is 0.349 e. The Hall–Kier alpha value is -3.12. The maximum atomic E-state index is 12.2. The Morgan fingerprint density at radius 2 is 1.79 bits per heavy atom. The lowest BCUT2D eigenvalue weighted by atomic mass is 9.93. The summed E-state index contributed by atoms with van der Waals surface area (Å²) in [6, 6.07) is 5.77. The molecule has 1 aliphatic rings. The molecule has 29 heavy (non-hydrogen) atoms. The van der Waals surface area contributed by atoms with Crippen molar-refractivity contribution < 1.29 is 14.6 Å². The first-order chi connectivity index (χ1) is 13.5. The zero-order valence-corrected chi connectivity index (χ0v) is 17.2. The molecular weight excluding hydrogens is 418 g/mol. The second-order valence-electron chi connectivity index (χ2n) is 6.99. The van der Waals surface area contributed by atoms with E-state index in [2.05, 4.69) is 15.3 Å². The van der Waals surface area contributed by atoms with E-state index in [1.165, 1.54) is 24.3 Å². The Balaban J connectivity index is 1.85. The lowest BCUT2D eigenvalue weighted by molar-refractivity contribution is -0.384. The second-order valence-corrected chi connectivity index (χ2v) is 8.97. The van der Waals surface area contributed by atoms with E-state index in [1.807, 2.05) is 20.8 Å². The number of hydrogen-bond donors (Lipinski definition) is 1. The number of nitro groups is 2. The topological polar surface area (TPSA) is 141 Å². The van der Waals surface area contributed by atoms with Gasteiger partial charge in [-0.1, -0.05) is 20.8 Å². The van der Waals surface area contributed by atoms with E-state index in [9.17, 15) is 25.0 Å². The molecule has 0 aliphatic carbocycles. The van der Waals surface area contributed by atoms with Gasteiger partial charge in [0.25, 0.3) is 11.6 Å². The van der Waals surface area contributed by atoms with Gasteiger partial charge in [-0.3, -0.25) is 25.0 Å². The zero-order valence-electron chi connectivity index (χ0n) is 15.5. The Labute approximate surface area is 173 Å². The summed E-state index contributed by atoms with van der Waals surface area (Å²) in [5.74, 6) is -0.380. The number of aliphatic imine (C=N–C) groups is 1. The van der Waals surface area contributed by atoms with Gasteiger partial charge in [0.15, 0.2) is 5.17 Å². The molecule has 2 heterocycles. The molecule has 1 aliphatic heterocycles. The zero-order chi connectivity index (χ0) is 21.3. The number of aromatic nitrogens is 1. The molecular formula is C17H15N5O5S2. The molecule has 0 bridgehead atoms. The Bertz CT molecular complexity index is 1070. The van der Waals surface area contributed by atoms with Gasteiger partial charge in [0, 0.05) is 17.5 Å². The molecule has 0 atom stereocenters. The van der Waals surface area contributed by atoms with Crippen molar-refractivity contribution in [2.45, 2.75) is 26.2 Å². The molecule has 12 heteroatoms. The third-order valence-corrected chi connectivity index (χ3v) is 5.53. The first-order valence-corrected chi connectivity index (χ1v) is 9.87. The smallest absolute Gasteiger partial charge is 0.300 e. The highest BCUT2D eigenvalue weighted by Crippen LogP contribution is 2.40. The minimum absolute atomic E-state index is 0.0436. The van der Waals surface area contributed by atoms with Crippen LogP contribution in [0.1, 0.15) is 32.0 Å². The number of thiazole rings is 1. The number of nitrogens with zero attached hydrogens (tertiary/aromatic N) is 4. The minimum atomic E-state index is -0.523. The van der Waals surface area contributed by atoms with E-state index in [0.717, 1.165) is 23.1 Å². The van der Waals surface area contributed by atoms with Crippen LogP contribution in [0.5, 0.6) is 0 Å². The summed E-state index contributed by atoms with van der Waals surface area (Å²) in [6.07, 6.45) is 1.58. The molecule has 2 aromatic rings. The van der Waals surface area contributed by atoms with Gasteiger partial charge in [-0.05, 0) is 46.9 Å². The van der Waals surface area contributed by atoms with Crippen molar-refractivity contribution >= 4 is 56.1 Å². The van der Waals surface area contributed by atoms with Crippen molar-refractivity contribution in [3.05, 3.63) is 60.7 Å². The number of rotatable bonds is 4. The first kappa shape index (κ1) is 20.6. The number of hydrogen-bond acceptors (Lipinski definition) is 9. The Morgan fingerprint density at radius 3 is 2.31 bits per heavy atom. The number of nitrogens with one attached hydrogen (secondary N) is 1. The normalized spacial score (nSPS) is 17.0. The highest BCUT2D eigenvalue weighted by Gasteiger charge is 2.31. The predicted octanol–water partition coefficient (Wildman–Crippen LogP) is 4.15. The number of thioether (sulfide) groups is 1. The molecule has 3 rings (SSSR count). The van der Waals surface area contributed by atoms with E-state index < -0.39 is 15.3 Å². The van der Waals surface area contributed by atoms with Crippen LogP contribution in [0.25, 0.3) is 6.08 Å². The number of non-ortho nitro benzene ring substituents is 1. The van der Waals surface area contributed by atoms with Gasteiger partial charge in [-0.2, -0.15) is 4.99 Å². The molecule has 1 N–H and O–H groups in total. The molecule has 0 radical (unpaired) electrons. The molecule has 1 aromatic heterocycles. The van der Waals surface area contributed by atoms with Crippen molar-refractivity contribution in [1.82, 2.24) is 10.3 Å². The van der Waals surface area contributed by atoms with E-state index in [1.54, 1.807) is 6.08 Å². The summed E-state index contributed by atoms with van der Waals surface area (Å²) in [5, 5.41) is 25.0. The first-order valence-electron chi connectivity index (χ1n) is 8.24. The SMILES string of the molecule is CC(C)(C)c1nc(N=C2NC(=O)/C(=C/c3ccc([N+](=O)[O-])cc3)S2)sc1[N+](=O)[O-]. The number of nitro benzene ring substituents is 1. The summed E-state index contributed by atoms with van der Waals surface area (Å²) in [4.78, 5) is 42.1. The van der Waals surface area contributed by atoms with Crippen molar-refractivity contribution in [1.29, 1.82) is 0 Å². The quantitative estimate of drug-likeness (QED) is 0.434. The number of carbonyl (C=O) groups is 1. The van der Waals surface area contributed by atoms with Crippen LogP contribution in [0.15, 0.2) is 34.2 Å². The summed E-state index contributed by atoms with van der Waals surface area (Å²) in [7, 11) is 0. The van der Waals surface area contributed by atoms with Crippen molar-refractivity contribution in [2.75, 3.05) is 0 Å². The lowest BCUT2D eigenvalue weighted by Gasteiger charge is -2.13. The van der Waals surface area contributed by atoms with E-state index in [4.69, 9.17) is 0 Å². The Morgan fingerprint density at radius 1 is 1.14 bits per heavy atom. The van der Waals surface area contributed by atoms with Gasteiger partial charge < -0.3 is 5.32 Å². The van der Waals surface area contributed by atoms with Crippen molar-refractivity contribution in [2.24, 2.45) is 4.99 Å². The fourth-order valence-corrected chi connectivity index (χ4v) is 4.22. The van der Waals surface area contributed by atoms with Crippen LogP contribution < -0.4 is 5.32 Å². The monoisotopic (exact) mass is 433 g/mol. The molecule has 10 nitrogen and oxygen atoms in total. The number of amides is 1. The number of carbonyl (C=O) groups excluding carboxylic acids is 1. The van der Waals surface area contributed by atoms with Crippen LogP contribution in [-0.4, -0.2) is 25.9 Å². The van der Waals surface area contributed by atoms with Crippen molar-refractivity contribution in [3.63, 3.8) is 0 Å². The summed E-state index contributed by atoms with van der Waals surface area (Å²) in [5.41, 5.74) is 0.389. The van der Waals surface area contributed by atoms with E-state index in [-0.39, 0.29) is 26.9 Å². The van der Waals surface area contributed by atoms with Gasteiger partial charge in [-0.15, -0.1) is 0 Å². The molecule has 1 saturated heterocycles. The molecule has 0 saturated carbocycles. The van der Waals surface area contributed by atoms with Crippen LogP contribution >= 0.6 is 23.1 Å². The van der Waals surface area contributed by atoms with Gasteiger partial charge in [0.2, 0.25) is 5.13 Å². The number of benzene rings is 1. The summed E-state index contributed by atoms with van der Waals surface area (Å²) >= 11 is 1.91. The van der Waals surface area contributed by atoms with Crippen LogP contribution in [0.4, 0.5) is 15.8 Å². The van der Waals surface area contributed by atoms with Crippen LogP contribution in [0.3, 0.4) is 0 Å². The van der Waals surface area contributed by atoms with Gasteiger partial charge in [0.05, 0.1) is 14.8 Å². The van der Waals surface area contributed by atoms with E-state index >= 15 is 0 Å². The minimum Gasteiger partial charge on any atom is -0.300 e. The van der Waals surface area contributed by atoms with Crippen molar-refractivity contribution in [3.8, 4) is 0 Å². The van der Waals surface area contributed by atoms with Gasteiger partial charge in [-0.25, -0.2) is 4.98 Å². The molecule has 1 aromatic carbocycles. The fraction of sp³-hybridized carbons (Fsp3) is 0.235. The molecule has 1 amide bonds. The third kappa shape index (κ3) is 4.66. The predicted molar refractivity (Wildman–Crippen MR) is 111 cm³/mol. The van der Waals surface area contributed by atoms with Crippen LogP contribution in [0, 0.1) is 20.2 Å². The third-order valence-electron chi connectivity index (χ3n) is 3.72. The fourth-order valence-electron chi connectivity index (χ4n) is 2.37. The largest absolute Gasteiger partial charge is 0.349 e. The van der Waals surface area contributed by atoms with Gasteiger partial charge in [0.1, 0.15) is 5.69 Å². The summed E-state index contributed by atoms with van der Waals surface area (Å²) < 4.78 is 0. The molecule has 0 unspecified atom stereocenters. The van der Waals surface area contributed by atoms with Crippen LogP contribution in [-0.2, 0) is 10.2 Å². The standard InChI is InChI=1S/C17H15N5O5S2/c1-17(2,3)12-14(22(26)27)29-15(18-12)20-16-19-13(23)11(28-16)8-9-4-6-10(7-5-9)21(24)25/h4-8H,1-3H3,(H,18,19,20,23)/b11-8-. The highest BCUT2D eigenvalue weighted by atomic mass is 32.2. The number of amidine groups is 1. The average molecular weight is 433 g/mol. The molecule has 1 fully saturated rings. The average Bonchev–Trinajstić information content (AvgIpc) is 3.19. The maximum absolute atomic E-state index is 12.2. The van der Waals surface area contributed by atoms with Gasteiger partial charge >= 0.3 is 5.00 Å². The highest BCUT2D eigenvalue weighted by molar-refractivity contribution is 8.18. The summed E-state index contributed by atoms with van der Waals surface area (Å²) in [6.45, 7) is 5.47.